The Balaban J connectivity index is 0.00000288. The summed E-state index contributed by atoms with van der Waals surface area (Å²) in [4.78, 5) is 23.8. The van der Waals surface area contributed by atoms with Gasteiger partial charge in [0.05, 0.1) is 12.5 Å². The normalized spacial score (nSPS) is 21.3. The van der Waals surface area contributed by atoms with Gasteiger partial charge < -0.3 is 16.0 Å². The van der Waals surface area contributed by atoms with Gasteiger partial charge in [0.15, 0.2) is 0 Å². The lowest BCUT2D eigenvalue weighted by Gasteiger charge is -2.29. The van der Waals surface area contributed by atoms with Gasteiger partial charge in [-0.15, -0.1) is 12.4 Å². The number of carbonyl (C=O) groups is 2. The number of hydrogen-bond acceptors (Lipinski definition) is 3. The molecule has 0 spiro atoms. The fraction of sp³-hybridized carbons (Fsp3) is 0.529. The van der Waals surface area contributed by atoms with Gasteiger partial charge in [0.1, 0.15) is 0 Å². The van der Waals surface area contributed by atoms with Crippen LogP contribution in [0.3, 0.4) is 0 Å². The molecule has 1 aliphatic rings. The maximum absolute atomic E-state index is 12.3. The SMILES string of the molecule is CC(=O)NC(CC(=O)NC1CCNC(C)C1)c1ccc(Cl)cc1.Cl. The van der Waals surface area contributed by atoms with Crippen LogP contribution >= 0.6 is 24.0 Å². The Bertz CT molecular complexity index is 551. The number of piperidine rings is 1. The molecule has 0 aliphatic carbocycles. The van der Waals surface area contributed by atoms with E-state index in [-0.39, 0.29) is 42.7 Å². The highest BCUT2D eigenvalue weighted by Gasteiger charge is 2.22. The minimum absolute atomic E-state index is 0. The number of hydrogen-bond donors (Lipinski definition) is 3. The number of nitrogens with one attached hydrogen (secondary N) is 3. The van der Waals surface area contributed by atoms with E-state index in [0.29, 0.717) is 11.1 Å². The molecule has 0 radical (unpaired) electrons. The smallest absolute Gasteiger partial charge is 0.222 e. The highest BCUT2D eigenvalue weighted by molar-refractivity contribution is 6.30. The van der Waals surface area contributed by atoms with Crippen molar-refractivity contribution in [1.29, 1.82) is 0 Å². The number of amides is 2. The van der Waals surface area contributed by atoms with E-state index in [1.54, 1.807) is 12.1 Å². The van der Waals surface area contributed by atoms with Crippen molar-refractivity contribution in [2.24, 2.45) is 0 Å². The summed E-state index contributed by atoms with van der Waals surface area (Å²) in [6, 6.07) is 7.46. The first kappa shape index (κ1) is 20.7. The van der Waals surface area contributed by atoms with Crippen LogP contribution in [0.4, 0.5) is 0 Å². The van der Waals surface area contributed by atoms with Gasteiger partial charge in [-0.25, -0.2) is 0 Å². The van der Waals surface area contributed by atoms with E-state index in [2.05, 4.69) is 22.9 Å². The average molecular weight is 374 g/mol. The zero-order chi connectivity index (χ0) is 16.8. The quantitative estimate of drug-likeness (QED) is 0.742. The topological polar surface area (TPSA) is 70.2 Å². The average Bonchev–Trinajstić information content (AvgIpc) is 2.46. The number of rotatable bonds is 5. The predicted molar refractivity (Wildman–Crippen MR) is 98.5 cm³/mol. The molecule has 5 nitrogen and oxygen atoms in total. The second-order valence-electron chi connectivity index (χ2n) is 6.15. The van der Waals surface area contributed by atoms with Crippen LogP contribution in [0.15, 0.2) is 24.3 Å². The Labute approximate surface area is 154 Å². The van der Waals surface area contributed by atoms with Gasteiger partial charge in [-0.2, -0.15) is 0 Å². The molecule has 1 aliphatic heterocycles. The van der Waals surface area contributed by atoms with E-state index in [4.69, 9.17) is 11.6 Å². The second-order valence-corrected chi connectivity index (χ2v) is 6.59. The van der Waals surface area contributed by atoms with Crippen molar-refractivity contribution in [2.75, 3.05) is 6.54 Å². The molecule has 1 fully saturated rings. The monoisotopic (exact) mass is 373 g/mol. The molecule has 1 aromatic carbocycles. The lowest BCUT2D eigenvalue weighted by Crippen LogP contribution is -2.47. The summed E-state index contributed by atoms with van der Waals surface area (Å²) in [6.07, 6.45) is 2.08. The van der Waals surface area contributed by atoms with Gasteiger partial charge >= 0.3 is 0 Å². The van der Waals surface area contributed by atoms with Gasteiger partial charge in [0, 0.05) is 24.0 Å². The zero-order valence-electron chi connectivity index (χ0n) is 14.0. The maximum Gasteiger partial charge on any atom is 0.222 e. The Kier molecular flexibility index (Phi) is 8.53. The molecule has 2 rings (SSSR count). The molecule has 1 aromatic rings. The van der Waals surface area contributed by atoms with E-state index in [0.717, 1.165) is 24.9 Å². The third kappa shape index (κ3) is 6.67. The summed E-state index contributed by atoms with van der Waals surface area (Å²) >= 11 is 5.90. The third-order valence-electron chi connectivity index (χ3n) is 4.03. The number of halogens is 2. The molecule has 2 amide bonds. The Hall–Kier alpha value is -1.30. The molecular formula is C17H25Cl2N3O2. The molecule has 3 unspecified atom stereocenters. The summed E-state index contributed by atoms with van der Waals surface area (Å²) < 4.78 is 0. The van der Waals surface area contributed by atoms with Crippen molar-refractivity contribution in [1.82, 2.24) is 16.0 Å². The van der Waals surface area contributed by atoms with Crippen LogP contribution in [0.5, 0.6) is 0 Å². The van der Waals surface area contributed by atoms with Crippen LogP contribution < -0.4 is 16.0 Å². The Morgan fingerprint density at radius 3 is 2.58 bits per heavy atom. The molecule has 24 heavy (non-hydrogen) atoms. The predicted octanol–water partition coefficient (Wildman–Crippen LogP) is 2.59. The summed E-state index contributed by atoms with van der Waals surface area (Å²) in [5.74, 6) is -0.203. The fourth-order valence-electron chi connectivity index (χ4n) is 2.93. The summed E-state index contributed by atoms with van der Waals surface area (Å²) in [7, 11) is 0. The van der Waals surface area contributed by atoms with Gasteiger partial charge in [-0.3, -0.25) is 9.59 Å². The van der Waals surface area contributed by atoms with E-state index >= 15 is 0 Å². The lowest BCUT2D eigenvalue weighted by molar-refractivity contribution is -0.123. The van der Waals surface area contributed by atoms with Crippen LogP contribution in [-0.2, 0) is 9.59 Å². The van der Waals surface area contributed by atoms with Crippen LogP contribution in [0, 0.1) is 0 Å². The molecule has 3 N–H and O–H groups in total. The molecule has 7 heteroatoms. The van der Waals surface area contributed by atoms with E-state index in [1.807, 2.05) is 12.1 Å². The summed E-state index contributed by atoms with van der Waals surface area (Å²) in [5.41, 5.74) is 0.874. The third-order valence-corrected chi connectivity index (χ3v) is 4.28. The first-order valence-electron chi connectivity index (χ1n) is 7.99. The van der Waals surface area contributed by atoms with Crippen molar-refractivity contribution >= 4 is 35.8 Å². The molecular weight excluding hydrogens is 349 g/mol. The minimum atomic E-state index is -0.344. The van der Waals surface area contributed by atoms with E-state index in [9.17, 15) is 9.59 Å². The zero-order valence-corrected chi connectivity index (χ0v) is 15.5. The molecule has 134 valence electrons. The van der Waals surface area contributed by atoms with Crippen LogP contribution in [0.1, 0.15) is 44.7 Å². The largest absolute Gasteiger partial charge is 0.353 e. The van der Waals surface area contributed by atoms with Crippen LogP contribution in [0.2, 0.25) is 5.02 Å². The minimum Gasteiger partial charge on any atom is -0.353 e. The Morgan fingerprint density at radius 2 is 2.00 bits per heavy atom. The fourth-order valence-corrected chi connectivity index (χ4v) is 3.05. The number of carbonyl (C=O) groups excluding carboxylic acids is 2. The number of benzene rings is 1. The Morgan fingerprint density at radius 1 is 1.33 bits per heavy atom. The lowest BCUT2D eigenvalue weighted by atomic mass is 9.99. The van der Waals surface area contributed by atoms with Crippen LogP contribution in [0.25, 0.3) is 0 Å². The molecule has 0 bridgehead atoms. The molecule has 0 saturated carbocycles. The maximum atomic E-state index is 12.3. The van der Waals surface area contributed by atoms with Crippen molar-refractivity contribution in [2.45, 2.75) is 51.2 Å². The molecule has 0 aromatic heterocycles. The second kappa shape index (κ2) is 9.87. The standard InChI is InChI=1S/C17H24ClN3O2.ClH/c1-11-9-15(7-8-19-11)21-17(23)10-16(20-12(2)22)13-3-5-14(18)6-4-13;/h3-6,11,15-16,19H,7-10H2,1-2H3,(H,20,22)(H,21,23);1H. The molecule has 3 atom stereocenters. The van der Waals surface area contributed by atoms with Crippen molar-refractivity contribution in [3.8, 4) is 0 Å². The summed E-state index contributed by atoms with van der Waals surface area (Å²) in [6.45, 7) is 4.49. The summed E-state index contributed by atoms with van der Waals surface area (Å²) in [5, 5.41) is 9.91. The van der Waals surface area contributed by atoms with E-state index in [1.165, 1.54) is 6.92 Å². The van der Waals surface area contributed by atoms with Gasteiger partial charge in [-0.05, 0) is 44.0 Å². The van der Waals surface area contributed by atoms with Gasteiger partial charge in [0.2, 0.25) is 11.8 Å². The molecule has 1 heterocycles. The highest BCUT2D eigenvalue weighted by Crippen LogP contribution is 2.20. The first-order valence-corrected chi connectivity index (χ1v) is 8.37. The van der Waals surface area contributed by atoms with Crippen LogP contribution in [-0.4, -0.2) is 30.4 Å². The van der Waals surface area contributed by atoms with E-state index < -0.39 is 0 Å². The van der Waals surface area contributed by atoms with Crippen molar-refractivity contribution < 1.29 is 9.59 Å². The highest BCUT2D eigenvalue weighted by atomic mass is 35.5. The van der Waals surface area contributed by atoms with Crippen molar-refractivity contribution in [3.63, 3.8) is 0 Å². The van der Waals surface area contributed by atoms with Gasteiger partial charge in [-0.1, -0.05) is 23.7 Å². The van der Waals surface area contributed by atoms with Crippen molar-refractivity contribution in [3.05, 3.63) is 34.9 Å². The van der Waals surface area contributed by atoms with Gasteiger partial charge in [0.25, 0.3) is 0 Å². The molecule has 1 saturated heterocycles. The first-order chi connectivity index (χ1) is 10.9.